The molecular formula is C49H72O16. The van der Waals surface area contributed by atoms with Gasteiger partial charge in [0, 0.05) is 10.8 Å². The van der Waals surface area contributed by atoms with Gasteiger partial charge in [0.1, 0.15) is 48.8 Å². The van der Waals surface area contributed by atoms with Gasteiger partial charge in [0.2, 0.25) is 0 Å². The van der Waals surface area contributed by atoms with E-state index in [1.165, 1.54) is 5.57 Å². The predicted octanol–water partition coefficient (Wildman–Crippen LogP) is 2.69. The number of aliphatic hydroxyl groups is 8. The highest BCUT2D eigenvalue weighted by Gasteiger charge is 2.71. The van der Waals surface area contributed by atoms with Crippen LogP contribution in [0, 0.1) is 50.2 Å². The van der Waals surface area contributed by atoms with Crippen molar-refractivity contribution < 1.29 is 79.2 Å². The van der Waals surface area contributed by atoms with Crippen LogP contribution in [0.25, 0.3) is 0 Å². The van der Waals surface area contributed by atoms with Gasteiger partial charge in [-0.25, -0.2) is 9.59 Å². The fourth-order valence-corrected chi connectivity index (χ4v) is 14.7. The smallest absolute Gasteiger partial charge is 0.338 e. The lowest BCUT2D eigenvalue weighted by atomic mass is 9.33. The van der Waals surface area contributed by atoms with Crippen molar-refractivity contribution >= 4 is 11.9 Å². The number of hydrogen-bond acceptors (Lipinski definition) is 15. The number of esters is 1. The Morgan fingerprint density at radius 3 is 2.06 bits per heavy atom. The molecule has 2 saturated heterocycles. The zero-order valence-corrected chi connectivity index (χ0v) is 38.7. The Hall–Kier alpha value is -2.58. The van der Waals surface area contributed by atoms with Gasteiger partial charge in [-0.05, 0) is 103 Å². The summed E-state index contributed by atoms with van der Waals surface area (Å²) in [6.07, 6.45) is -11.8. The Morgan fingerprint density at radius 2 is 1.42 bits per heavy atom. The van der Waals surface area contributed by atoms with Crippen LogP contribution in [-0.2, 0) is 28.5 Å². The second kappa shape index (κ2) is 17.1. The first-order chi connectivity index (χ1) is 30.4. The molecule has 0 spiro atoms. The average Bonchev–Trinajstić information content (AvgIpc) is 3.25. The van der Waals surface area contributed by atoms with Gasteiger partial charge in [-0.3, -0.25) is 0 Å². The lowest BCUT2D eigenvalue weighted by Gasteiger charge is -2.72. The fraction of sp³-hybridized carbons (Fsp3) is 0.796. The van der Waals surface area contributed by atoms with Gasteiger partial charge >= 0.3 is 11.9 Å². The summed E-state index contributed by atoms with van der Waals surface area (Å²) >= 11 is 0. The van der Waals surface area contributed by atoms with Gasteiger partial charge in [-0.15, -0.1) is 0 Å². The summed E-state index contributed by atoms with van der Waals surface area (Å²) in [7, 11) is 0. The summed E-state index contributed by atoms with van der Waals surface area (Å²) in [6, 6.07) is 8.89. The number of rotatable bonds is 9. The molecule has 65 heavy (non-hydrogen) atoms. The van der Waals surface area contributed by atoms with E-state index in [2.05, 4.69) is 54.5 Å². The number of benzene rings is 1. The molecule has 6 fully saturated rings. The number of carbonyl (C=O) groups is 2. The number of hydrogen-bond donors (Lipinski definition) is 9. The van der Waals surface area contributed by atoms with Crippen LogP contribution in [0.15, 0.2) is 42.0 Å². The highest BCUT2D eigenvalue weighted by molar-refractivity contribution is 5.89. The molecule has 9 N–H and O–H groups in total. The topological polar surface area (TPSA) is 262 Å². The zero-order valence-electron chi connectivity index (χ0n) is 38.7. The third-order valence-corrected chi connectivity index (χ3v) is 18.7. The minimum atomic E-state index is -1.96. The van der Waals surface area contributed by atoms with Gasteiger partial charge in [-0.1, -0.05) is 78.3 Å². The van der Waals surface area contributed by atoms with Crippen LogP contribution in [0.2, 0.25) is 0 Å². The summed E-state index contributed by atoms with van der Waals surface area (Å²) in [5.74, 6) is -1.79. The van der Waals surface area contributed by atoms with Crippen molar-refractivity contribution in [3.63, 3.8) is 0 Å². The second-order valence-electron chi connectivity index (χ2n) is 22.6. The summed E-state index contributed by atoms with van der Waals surface area (Å²) in [5, 5.41) is 97.5. The van der Waals surface area contributed by atoms with Crippen molar-refractivity contribution in [1.82, 2.24) is 0 Å². The van der Waals surface area contributed by atoms with Crippen LogP contribution >= 0.6 is 0 Å². The van der Waals surface area contributed by atoms with Crippen molar-refractivity contribution in [3.05, 3.63) is 47.5 Å². The Balaban J connectivity index is 1.03. The third kappa shape index (κ3) is 7.56. The largest absolute Gasteiger partial charge is 0.479 e. The summed E-state index contributed by atoms with van der Waals surface area (Å²) in [6.45, 7) is 14.6. The standard InChI is InChI=1S/C49H72O16/c1-44(2)19-26-25-13-14-29-46(5)17-16-31(63-43-37(57)38(36(56)39(65-43)40(58)59)64-42-35(55)34(54)33(53)27(22-50)61-42)45(3,4)28(46)15-18-47(29,6)48(25,7)20-30(52)49(26,23-51)21-32(44)62-41(60)24-11-9-8-10-12-24/h8-13,26-39,42-43,50-57H,14-23H2,1-7H3,(H,58,59)/t26?,27-,28+,29-,30+,31+,32+,33-,34+,35-,36+,37-,38+,39+,42+,43-,46+,47-,48-,49-/m1/s1. The first-order valence-electron chi connectivity index (χ1n) is 23.5. The molecule has 1 aromatic carbocycles. The van der Waals surface area contributed by atoms with Crippen LogP contribution < -0.4 is 0 Å². The maximum Gasteiger partial charge on any atom is 0.338 e. The van der Waals surface area contributed by atoms with Gasteiger partial charge in [0.05, 0.1) is 31.0 Å². The van der Waals surface area contributed by atoms with Crippen molar-refractivity contribution in [2.24, 2.45) is 50.2 Å². The number of carbonyl (C=O) groups excluding carboxylic acids is 1. The average molecular weight is 917 g/mol. The third-order valence-electron chi connectivity index (χ3n) is 18.7. The van der Waals surface area contributed by atoms with Crippen molar-refractivity contribution in [1.29, 1.82) is 0 Å². The van der Waals surface area contributed by atoms with Gasteiger partial charge in [0.25, 0.3) is 0 Å². The molecule has 0 aromatic heterocycles. The molecule has 0 radical (unpaired) electrons. The minimum Gasteiger partial charge on any atom is -0.479 e. The molecule has 16 heteroatoms. The van der Waals surface area contributed by atoms with Crippen molar-refractivity contribution in [3.8, 4) is 0 Å². The molecule has 16 nitrogen and oxygen atoms in total. The van der Waals surface area contributed by atoms with E-state index in [0.29, 0.717) is 31.2 Å². The fourth-order valence-electron chi connectivity index (χ4n) is 14.7. The monoisotopic (exact) mass is 916 g/mol. The molecule has 364 valence electrons. The number of aliphatic carboxylic acids is 1. The molecule has 20 atom stereocenters. The summed E-state index contributed by atoms with van der Waals surface area (Å²) in [4.78, 5) is 25.8. The first-order valence-corrected chi connectivity index (χ1v) is 23.5. The maximum absolute atomic E-state index is 13.4. The van der Waals surface area contributed by atoms with E-state index < -0.39 is 120 Å². The molecule has 7 aliphatic rings. The van der Waals surface area contributed by atoms with E-state index in [-0.39, 0.29) is 35.2 Å². The van der Waals surface area contributed by atoms with Gasteiger partial charge in [-0.2, -0.15) is 0 Å². The molecule has 8 rings (SSSR count). The molecule has 1 unspecified atom stereocenters. The number of carboxylic acid groups (broad SMARTS) is 1. The molecule has 2 heterocycles. The Bertz CT molecular complexity index is 1960. The molecule has 4 saturated carbocycles. The van der Waals surface area contributed by atoms with Crippen LogP contribution in [0.3, 0.4) is 0 Å². The van der Waals surface area contributed by atoms with Crippen LogP contribution in [0.4, 0.5) is 0 Å². The van der Waals surface area contributed by atoms with Crippen LogP contribution in [0.5, 0.6) is 0 Å². The molecule has 1 aromatic rings. The van der Waals surface area contributed by atoms with Crippen molar-refractivity contribution in [2.75, 3.05) is 13.2 Å². The molecular weight excluding hydrogens is 845 g/mol. The molecule has 0 amide bonds. The van der Waals surface area contributed by atoms with Crippen LogP contribution in [0.1, 0.15) is 110 Å². The van der Waals surface area contributed by atoms with Gasteiger partial charge in [0.15, 0.2) is 18.7 Å². The SMILES string of the molecule is CC1(C)CC2C3=CC[C@@H]4[C@@]5(C)CC[C@H](O[C@@H]6O[C@H](C(=O)O)[C@@H](O)[C@H](O[C@@H]7O[C@H](CO)[C@@H](O)[C@H](O)[C@H]7O)[C@H]6O)C(C)(C)[C@@H]5CC[C@@]4(C)[C@]3(C)C[C@H](O)[C@@]2(CO)C[C@@H]1OC(=O)c1ccccc1. The molecule has 5 aliphatic carbocycles. The van der Waals surface area contributed by atoms with E-state index >= 15 is 0 Å². The number of ether oxygens (including phenoxy) is 5. The van der Waals surface area contributed by atoms with Gasteiger partial charge < -0.3 is 69.6 Å². The number of allylic oxidation sites excluding steroid dienone is 2. The maximum atomic E-state index is 13.4. The molecule has 2 aliphatic heterocycles. The first kappa shape index (κ1) is 48.9. The highest BCUT2D eigenvalue weighted by Crippen LogP contribution is 2.76. The van der Waals surface area contributed by atoms with E-state index in [1.807, 2.05) is 6.07 Å². The Kier molecular flexibility index (Phi) is 12.9. The zero-order chi connectivity index (χ0) is 47.4. The van der Waals surface area contributed by atoms with Crippen LogP contribution in [-0.4, -0.2) is 151 Å². The molecule has 0 bridgehead atoms. The summed E-state index contributed by atoms with van der Waals surface area (Å²) < 4.78 is 29.8. The Morgan fingerprint density at radius 1 is 0.738 bits per heavy atom. The minimum absolute atomic E-state index is 0.104. The number of fused-ring (bicyclic) bond motifs is 7. The van der Waals surface area contributed by atoms with E-state index in [4.69, 9.17) is 23.7 Å². The lowest BCUT2D eigenvalue weighted by molar-refractivity contribution is -0.365. The van der Waals surface area contributed by atoms with E-state index in [0.717, 1.165) is 25.7 Å². The van der Waals surface area contributed by atoms with Crippen molar-refractivity contribution in [2.45, 2.75) is 180 Å². The quantitative estimate of drug-likeness (QED) is 0.0980. The normalized spacial score (nSPS) is 48.9. The number of carboxylic acids is 1. The second-order valence-corrected chi connectivity index (χ2v) is 22.6. The summed E-state index contributed by atoms with van der Waals surface area (Å²) in [5.41, 5.74) is -0.973. The Labute approximate surface area is 380 Å². The predicted molar refractivity (Wildman–Crippen MR) is 230 cm³/mol. The highest BCUT2D eigenvalue weighted by atomic mass is 16.7. The van der Waals surface area contributed by atoms with E-state index in [9.17, 15) is 55.5 Å². The number of aliphatic hydroxyl groups excluding tert-OH is 8. The van der Waals surface area contributed by atoms with E-state index in [1.54, 1.807) is 24.3 Å². The lowest BCUT2D eigenvalue weighted by Crippen LogP contribution is -2.68.